The van der Waals surface area contributed by atoms with Crippen molar-refractivity contribution in [3.63, 3.8) is 0 Å². The Morgan fingerprint density at radius 2 is 1.69 bits per heavy atom. The molecule has 1 aromatic carbocycles. The van der Waals surface area contributed by atoms with E-state index in [1.807, 2.05) is 13.8 Å². The van der Waals surface area contributed by atoms with E-state index >= 15 is 0 Å². The van der Waals surface area contributed by atoms with Crippen LogP contribution in [0.2, 0.25) is 0 Å². The molecule has 0 bridgehead atoms. The monoisotopic (exact) mass is 278 g/mol. The topological polar surface area (TPSA) is 12.0 Å². The molecule has 69 valence electrons. The Bertz CT molecular complexity index is 207. The predicted molar refractivity (Wildman–Crippen MR) is 58.9 cm³/mol. The summed E-state index contributed by atoms with van der Waals surface area (Å²) in [6.45, 7) is 5.18. The molecule has 1 heterocycles. The first-order chi connectivity index (χ1) is 5.97. The van der Waals surface area contributed by atoms with Crippen LogP contribution >= 0.6 is 0 Å². The van der Waals surface area contributed by atoms with Crippen LogP contribution in [0.4, 0.5) is 0 Å². The van der Waals surface area contributed by atoms with E-state index in [2.05, 4.69) is 35.6 Å². The van der Waals surface area contributed by atoms with Gasteiger partial charge < -0.3 is 5.32 Å². The minimum absolute atomic E-state index is 0. The van der Waals surface area contributed by atoms with Crippen LogP contribution in [-0.2, 0) is 0 Å². The Kier molecular flexibility index (Phi) is 7.48. The molecule has 0 saturated carbocycles. The van der Waals surface area contributed by atoms with Gasteiger partial charge in [-0.1, -0.05) is 44.2 Å². The van der Waals surface area contributed by atoms with Gasteiger partial charge in [-0.3, -0.25) is 0 Å². The van der Waals surface area contributed by atoms with Crippen LogP contribution in [-0.4, -0.2) is 32.4 Å². The molecule has 1 aliphatic rings. The van der Waals surface area contributed by atoms with Gasteiger partial charge in [-0.25, -0.2) is 0 Å². The first kappa shape index (κ1) is 13.1. The predicted octanol–water partition coefficient (Wildman–Crippen LogP) is 2.37. The quantitative estimate of drug-likeness (QED) is 0.831. The smallest absolute Gasteiger partial charge is 0.0332 e. The van der Waals surface area contributed by atoms with Crippen molar-refractivity contribution in [3.8, 4) is 0 Å². The Morgan fingerprint density at radius 3 is 2.08 bits per heavy atom. The normalized spacial score (nSPS) is 18.8. The molecule has 2 heteroatoms. The molecule has 3 radical (unpaired) electrons. The minimum atomic E-state index is 0. The summed E-state index contributed by atoms with van der Waals surface area (Å²) in [5.41, 5.74) is 1.42. The van der Waals surface area contributed by atoms with Gasteiger partial charge in [0.25, 0.3) is 0 Å². The first-order valence-corrected chi connectivity index (χ1v) is 4.75. The molecule has 13 heavy (non-hydrogen) atoms. The van der Waals surface area contributed by atoms with E-state index in [1.54, 1.807) is 0 Å². The molecule has 1 fully saturated rings. The summed E-state index contributed by atoms with van der Waals surface area (Å²) in [7, 11) is 0. The third kappa shape index (κ3) is 3.74. The van der Waals surface area contributed by atoms with Crippen LogP contribution in [0.1, 0.15) is 31.9 Å². The summed E-state index contributed by atoms with van der Waals surface area (Å²) in [5, 5.41) is 3.36. The number of benzene rings is 1. The van der Waals surface area contributed by atoms with E-state index in [1.165, 1.54) is 18.5 Å². The van der Waals surface area contributed by atoms with Crippen molar-refractivity contribution in [1.82, 2.24) is 5.32 Å². The average Bonchev–Trinajstić information content (AvgIpc) is 2.07. The number of hydrogen-bond acceptors (Lipinski definition) is 1. The maximum atomic E-state index is 3.36. The van der Waals surface area contributed by atoms with E-state index < -0.39 is 0 Å². The van der Waals surface area contributed by atoms with Gasteiger partial charge in [0.2, 0.25) is 0 Å². The SMILES string of the molecule is CC.[In].c1ccc(C2CCN2)cc1. The van der Waals surface area contributed by atoms with E-state index in [9.17, 15) is 0 Å². The minimum Gasteiger partial charge on any atom is -0.310 e. The van der Waals surface area contributed by atoms with Gasteiger partial charge in [-0.2, -0.15) is 0 Å². The maximum absolute atomic E-state index is 3.36. The molecular formula is C11H17InN. The first-order valence-electron chi connectivity index (χ1n) is 4.75. The van der Waals surface area contributed by atoms with Gasteiger partial charge in [-0.15, -0.1) is 0 Å². The molecular weight excluding hydrogens is 261 g/mol. The standard InChI is InChI=1S/C9H11N.C2H6.In/c1-2-4-8(5-3-1)9-6-7-10-9;1-2;/h1-5,9-10H,6-7H2;1-2H3;. The van der Waals surface area contributed by atoms with Crippen molar-refractivity contribution in [2.24, 2.45) is 0 Å². The second kappa shape index (κ2) is 7.45. The van der Waals surface area contributed by atoms with Gasteiger partial charge >= 0.3 is 0 Å². The summed E-state index contributed by atoms with van der Waals surface area (Å²) in [6, 6.07) is 11.2. The zero-order chi connectivity index (χ0) is 8.81. The van der Waals surface area contributed by atoms with Crippen LogP contribution in [0.5, 0.6) is 0 Å². The van der Waals surface area contributed by atoms with E-state index in [-0.39, 0.29) is 25.8 Å². The Morgan fingerprint density at radius 1 is 1.15 bits per heavy atom. The Labute approximate surface area is 99.7 Å². The van der Waals surface area contributed by atoms with Gasteiger partial charge in [-0.05, 0) is 18.5 Å². The Hall–Kier alpha value is 0.0501. The molecule has 0 aromatic heterocycles. The van der Waals surface area contributed by atoms with Crippen LogP contribution in [0.15, 0.2) is 30.3 Å². The van der Waals surface area contributed by atoms with Gasteiger partial charge in [0.15, 0.2) is 0 Å². The molecule has 1 unspecified atom stereocenters. The molecule has 1 nitrogen and oxygen atoms in total. The largest absolute Gasteiger partial charge is 0.310 e. The van der Waals surface area contributed by atoms with E-state index in [4.69, 9.17) is 0 Å². The van der Waals surface area contributed by atoms with Crippen LogP contribution in [0, 0.1) is 0 Å². The molecule has 1 aliphatic heterocycles. The van der Waals surface area contributed by atoms with Gasteiger partial charge in [0.1, 0.15) is 0 Å². The zero-order valence-electron chi connectivity index (χ0n) is 8.46. The second-order valence-electron chi connectivity index (χ2n) is 2.71. The summed E-state index contributed by atoms with van der Waals surface area (Å²) >= 11 is 0. The number of hydrogen-bond donors (Lipinski definition) is 1. The van der Waals surface area contributed by atoms with Gasteiger partial charge in [0.05, 0.1) is 0 Å². The van der Waals surface area contributed by atoms with Crippen molar-refractivity contribution in [1.29, 1.82) is 0 Å². The van der Waals surface area contributed by atoms with Crippen molar-refractivity contribution in [2.45, 2.75) is 26.3 Å². The average molecular weight is 278 g/mol. The molecule has 1 saturated heterocycles. The van der Waals surface area contributed by atoms with Crippen molar-refractivity contribution >= 4 is 25.8 Å². The van der Waals surface area contributed by atoms with Crippen molar-refractivity contribution < 1.29 is 0 Å². The fourth-order valence-corrected chi connectivity index (χ4v) is 1.26. The van der Waals surface area contributed by atoms with Crippen LogP contribution < -0.4 is 5.32 Å². The number of nitrogens with one attached hydrogen (secondary N) is 1. The molecule has 0 amide bonds. The van der Waals surface area contributed by atoms with Crippen LogP contribution in [0.25, 0.3) is 0 Å². The van der Waals surface area contributed by atoms with Crippen molar-refractivity contribution in [2.75, 3.05) is 6.54 Å². The molecule has 1 aromatic rings. The van der Waals surface area contributed by atoms with E-state index in [0.29, 0.717) is 6.04 Å². The zero-order valence-corrected chi connectivity index (χ0v) is 11.8. The third-order valence-electron chi connectivity index (χ3n) is 2.03. The fraction of sp³-hybridized carbons (Fsp3) is 0.455. The molecule has 0 spiro atoms. The number of rotatable bonds is 1. The second-order valence-corrected chi connectivity index (χ2v) is 2.71. The molecule has 0 aliphatic carbocycles. The maximum Gasteiger partial charge on any atom is 0.0332 e. The fourth-order valence-electron chi connectivity index (χ4n) is 1.26. The molecule has 1 atom stereocenters. The van der Waals surface area contributed by atoms with Gasteiger partial charge in [0, 0.05) is 31.9 Å². The van der Waals surface area contributed by atoms with Crippen LogP contribution in [0.3, 0.4) is 0 Å². The van der Waals surface area contributed by atoms with Crippen molar-refractivity contribution in [3.05, 3.63) is 35.9 Å². The Balaban J connectivity index is 0.000000451. The summed E-state index contributed by atoms with van der Waals surface area (Å²) < 4.78 is 0. The van der Waals surface area contributed by atoms with E-state index in [0.717, 1.165) is 0 Å². The third-order valence-corrected chi connectivity index (χ3v) is 2.03. The molecule has 2 rings (SSSR count). The summed E-state index contributed by atoms with van der Waals surface area (Å²) in [4.78, 5) is 0. The summed E-state index contributed by atoms with van der Waals surface area (Å²) in [5.74, 6) is 0. The summed E-state index contributed by atoms with van der Waals surface area (Å²) in [6.07, 6.45) is 1.30. The molecule has 1 N–H and O–H groups in total.